The largest absolute Gasteiger partial charge is 0.489 e. The van der Waals surface area contributed by atoms with Crippen molar-refractivity contribution in [3.8, 4) is 17.0 Å². The minimum absolute atomic E-state index is 0.000266. The molecule has 0 bridgehead atoms. The van der Waals surface area contributed by atoms with E-state index in [2.05, 4.69) is 10.3 Å². The summed E-state index contributed by atoms with van der Waals surface area (Å²) in [4.78, 5) is 30.7. The molecule has 0 saturated carbocycles. The molecular formula is C27H27F3N4O5. The number of aromatic nitrogens is 1. The van der Waals surface area contributed by atoms with E-state index in [1.807, 2.05) is 4.90 Å². The predicted molar refractivity (Wildman–Crippen MR) is 134 cm³/mol. The van der Waals surface area contributed by atoms with Gasteiger partial charge in [0.1, 0.15) is 18.4 Å². The van der Waals surface area contributed by atoms with Crippen molar-refractivity contribution in [2.45, 2.75) is 18.8 Å². The number of hydrogen-bond acceptors (Lipinski definition) is 7. The summed E-state index contributed by atoms with van der Waals surface area (Å²) in [5.41, 5.74) is 2.68. The average molecular weight is 545 g/mol. The normalized spacial score (nSPS) is 14.9. The second-order valence-corrected chi connectivity index (χ2v) is 8.79. The summed E-state index contributed by atoms with van der Waals surface area (Å²) in [6.07, 6.45) is -2.94. The van der Waals surface area contributed by atoms with Gasteiger partial charge in [-0.25, -0.2) is 5.48 Å². The number of pyridine rings is 1. The van der Waals surface area contributed by atoms with Crippen LogP contribution in [0.15, 0.2) is 66.9 Å². The number of alkyl halides is 3. The molecule has 3 N–H and O–H groups in total. The van der Waals surface area contributed by atoms with E-state index in [4.69, 9.17) is 14.7 Å². The standard InChI is InChI=1S/C27H27F3N4O5/c28-27(29,30)21-3-1-2-20(15-21)23-14-18(8-9-31-23)17-39-22-6-4-19(5-7-22)25(35)32-16-24(26(36)33-37)34-10-12-38-13-11-34/h1-9,14-15,24,37H,10-13,16-17H2,(H,32,35)(H,33,36)/t24-/m0/s1. The molecule has 39 heavy (non-hydrogen) atoms. The van der Waals surface area contributed by atoms with Gasteiger partial charge in [-0.3, -0.25) is 24.7 Å². The number of nitrogens with zero attached hydrogens (tertiary/aromatic N) is 2. The lowest BCUT2D eigenvalue weighted by Gasteiger charge is -2.33. The van der Waals surface area contributed by atoms with Crippen LogP contribution >= 0.6 is 0 Å². The zero-order valence-electron chi connectivity index (χ0n) is 20.8. The van der Waals surface area contributed by atoms with Gasteiger partial charge in [-0.2, -0.15) is 13.2 Å². The lowest BCUT2D eigenvalue weighted by Crippen LogP contribution is -2.55. The van der Waals surface area contributed by atoms with Crippen molar-refractivity contribution in [2.24, 2.45) is 0 Å². The maximum absolute atomic E-state index is 13.1. The molecule has 1 saturated heterocycles. The SMILES string of the molecule is O=C(NC[C@@H](C(=O)NO)N1CCOCC1)c1ccc(OCc2ccnc(-c3cccc(C(F)(F)F)c3)c2)cc1. The molecule has 2 amide bonds. The van der Waals surface area contributed by atoms with Crippen LogP contribution in [0.25, 0.3) is 11.3 Å². The Kier molecular flexibility index (Phi) is 9.12. The van der Waals surface area contributed by atoms with E-state index in [1.165, 1.54) is 12.3 Å². The quantitative estimate of drug-likeness (QED) is 0.280. The highest BCUT2D eigenvalue weighted by molar-refractivity contribution is 5.94. The lowest BCUT2D eigenvalue weighted by molar-refractivity contribution is -0.137. The number of morpholine rings is 1. The summed E-state index contributed by atoms with van der Waals surface area (Å²) < 4.78 is 50.2. The zero-order valence-corrected chi connectivity index (χ0v) is 20.8. The predicted octanol–water partition coefficient (Wildman–Crippen LogP) is 3.28. The van der Waals surface area contributed by atoms with Crippen LogP contribution in [0.4, 0.5) is 13.2 Å². The molecular weight excluding hydrogens is 517 g/mol. The van der Waals surface area contributed by atoms with Crippen LogP contribution in [-0.2, 0) is 22.3 Å². The van der Waals surface area contributed by atoms with Crippen LogP contribution < -0.4 is 15.5 Å². The Hall–Kier alpha value is -4.00. The second kappa shape index (κ2) is 12.7. The van der Waals surface area contributed by atoms with E-state index in [1.54, 1.807) is 47.9 Å². The second-order valence-electron chi connectivity index (χ2n) is 8.79. The van der Waals surface area contributed by atoms with Gasteiger partial charge in [-0.15, -0.1) is 0 Å². The maximum Gasteiger partial charge on any atom is 0.416 e. The molecule has 0 aliphatic carbocycles. The first kappa shape index (κ1) is 28.0. The first-order chi connectivity index (χ1) is 18.7. The number of halogens is 3. The summed E-state index contributed by atoms with van der Waals surface area (Å²) in [6, 6.07) is 13.9. The highest BCUT2D eigenvalue weighted by atomic mass is 19.4. The van der Waals surface area contributed by atoms with Crippen LogP contribution in [0.1, 0.15) is 21.5 Å². The van der Waals surface area contributed by atoms with E-state index in [9.17, 15) is 22.8 Å². The van der Waals surface area contributed by atoms with Gasteiger partial charge >= 0.3 is 6.18 Å². The van der Waals surface area contributed by atoms with Gasteiger partial charge in [-0.05, 0) is 54.1 Å². The van der Waals surface area contributed by atoms with Crippen LogP contribution in [0.5, 0.6) is 5.75 Å². The van der Waals surface area contributed by atoms with E-state index >= 15 is 0 Å². The Balaban J connectivity index is 1.33. The molecule has 3 aromatic rings. The van der Waals surface area contributed by atoms with Crippen LogP contribution in [0.3, 0.4) is 0 Å². The Morgan fingerprint density at radius 1 is 1.08 bits per heavy atom. The van der Waals surface area contributed by atoms with Crippen LogP contribution in [0.2, 0.25) is 0 Å². The summed E-state index contributed by atoms with van der Waals surface area (Å²) in [5.74, 6) is -0.534. The van der Waals surface area contributed by atoms with Crippen molar-refractivity contribution >= 4 is 11.8 Å². The summed E-state index contributed by atoms with van der Waals surface area (Å²) in [5, 5.41) is 11.8. The highest BCUT2D eigenvalue weighted by Crippen LogP contribution is 2.32. The fourth-order valence-corrected chi connectivity index (χ4v) is 4.09. The molecule has 2 heterocycles. The molecule has 1 aliphatic rings. The van der Waals surface area contributed by atoms with Gasteiger partial charge in [0.2, 0.25) is 0 Å². The Labute approximate surface area is 222 Å². The Morgan fingerprint density at radius 3 is 2.51 bits per heavy atom. The number of carbonyl (C=O) groups is 2. The van der Waals surface area contributed by atoms with Gasteiger partial charge in [0.15, 0.2) is 0 Å². The first-order valence-electron chi connectivity index (χ1n) is 12.1. The topological polar surface area (TPSA) is 113 Å². The van der Waals surface area contributed by atoms with E-state index in [0.29, 0.717) is 54.4 Å². The summed E-state index contributed by atoms with van der Waals surface area (Å²) >= 11 is 0. The van der Waals surface area contributed by atoms with Crippen LogP contribution in [-0.4, -0.2) is 65.8 Å². The van der Waals surface area contributed by atoms with Crippen molar-refractivity contribution in [2.75, 3.05) is 32.8 Å². The fraction of sp³-hybridized carbons (Fsp3) is 0.296. The van der Waals surface area contributed by atoms with Crippen molar-refractivity contribution in [1.82, 2.24) is 20.7 Å². The summed E-state index contributed by atoms with van der Waals surface area (Å²) in [6.45, 7) is 2.04. The maximum atomic E-state index is 13.1. The van der Waals surface area contributed by atoms with Crippen molar-refractivity contribution < 1.29 is 37.4 Å². The minimum atomic E-state index is -4.45. The Bertz CT molecular complexity index is 1280. The smallest absolute Gasteiger partial charge is 0.416 e. The molecule has 0 radical (unpaired) electrons. The van der Waals surface area contributed by atoms with Gasteiger partial charge < -0.3 is 14.8 Å². The Morgan fingerprint density at radius 2 is 1.82 bits per heavy atom. The monoisotopic (exact) mass is 544 g/mol. The molecule has 1 fully saturated rings. The van der Waals surface area contributed by atoms with E-state index < -0.39 is 29.6 Å². The number of ether oxygens (including phenoxy) is 2. The number of amides is 2. The van der Waals surface area contributed by atoms with Crippen molar-refractivity contribution in [3.05, 3.63) is 83.6 Å². The molecule has 1 aliphatic heterocycles. The lowest BCUT2D eigenvalue weighted by atomic mass is 10.1. The van der Waals surface area contributed by atoms with Crippen molar-refractivity contribution in [3.63, 3.8) is 0 Å². The number of nitrogens with one attached hydrogen (secondary N) is 2. The third-order valence-corrected chi connectivity index (χ3v) is 6.19. The molecule has 4 rings (SSSR count). The number of hydrogen-bond donors (Lipinski definition) is 3. The number of hydroxylamine groups is 1. The molecule has 9 nitrogen and oxygen atoms in total. The molecule has 206 valence electrons. The molecule has 12 heteroatoms. The third-order valence-electron chi connectivity index (χ3n) is 6.19. The van der Waals surface area contributed by atoms with Gasteiger partial charge in [-0.1, -0.05) is 12.1 Å². The van der Waals surface area contributed by atoms with Gasteiger partial charge in [0.25, 0.3) is 11.8 Å². The van der Waals surface area contributed by atoms with Gasteiger partial charge in [0.05, 0.1) is 24.5 Å². The minimum Gasteiger partial charge on any atom is -0.489 e. The number of rotatable bonds is 9. The molecule has 0 unspecified atom stereocenters. The fourth-order valence-electron chi connectivity index (χ4n) is 4.09. The number of benzene rings is 2. The van der Waals surface area contributed by atoms with Gasteiger partial charge in [0, 0.05) is 37.0 Å². The molecule has 2 aromatic carbocycles. The first-order valence-corrected chi connectivity index (χ1v) is 12.1. The molecule has 1 atom stereocenters. The third kappa shape index (κ3) is 7.53. The zero-order chi connectivity index (χ0) is 27.8. The molecule has 1 aromatic heterocycles. The van der Waals surface area contributed by atoms with Crippen molar-refractivity contribution in [1.29, 1.82) is 0 Å². The number of carbonyl (C=O) groups excluding carboxylic acids is 2. The highest BCUT2D eigenvalue weighted by Gasteiger charge is 2.30. The van der Waals surface area contributed by atoms with E-state index in [0.717, 1.165) is 12.1 Å². The summed E-state index contributed by atoms with van der Waals surface area (Å²) in [7, 11) is 0. The average Bonchev–Trinajstić information content (AvgIpc) is 2.96. The van der Waals surface area contributed by atoms with Crippen LogP contribution in [0, 0.1) is 0 Å². The van der Waals surface area contributed by atoms with E-state index in [-0.39, 0.29) is 13.2 Å². The molecule has 0 spiro atoms.